The molecular weight excluding hydrogens is 246 g/mol. The molecule has 20 heavy (non-hydrogen) atoms. The van der Waals surface area contributed by atoms with Crippen LogP contribution in [0.25, 0.3) is 0 Å². The van der Waals surface area contributed by atoms with Crippen LogP contribution in [-0.2, 0) is 0 Å². The van der Waals surface area contributed by atoms with Gasteiger partial charge in [-0.1, -0.05) is 33.1 Å². The van der Waals surface area contributed by atoms with Gasteiger partial charge < -0.3 is 5.32 Å². The maximum Gasteiger partial charge on any atom is 0.0895 e. The molecule has 116 valence electrons. The first-order chi connectivity index (χ1) is 9.86. The lowest BCUT2D eigenvalue weighted by molar-refractivity contribution is 0.321. The van der Waals surface area contributed by atoms with E-state index in [1.165, 1.54) is 57.8 Å². The van der Waals surface area contributed by atoms with E-state index in [4.69, 9.17) is 0 Å². The molecule has 1 aliphatic carbocycles. The molecule has 0 bridgehead atoms. The standard InChI is InChI=1S/C17H33N3/c1-3-16-9-11-17(12-10-16)20-15-19-14-8-6-5-7-13-18-4-2/h16-18H,3-14H2,1-2H3. The first-order valence-corrected chi connectivity index (χ1v) is 8.68. The Balaban J connectivity index is 1.97. The van der Waals surface area contributed by atoms with Gasteiger partial charge in [0.1, 0.15) is 0 Å². The van der Waals surface area contributed by atoms with E-state index in [-0.39, 0.29) is 0 Å². The Hall–Kier alpha value is -0.660. The fourth-order valence-corrected chi connectivity index (χ4v) is 2.83. The third-order valence-electron chi connectivity index (χ3n) is 4.33. The van der Waals surface area contributed by atoms with Crippen molar-refractivity contribution in [2.45, 2.75) is 77.7 Å². The molecule has 0 heterocycles. The quantitative estimate of drug-likeness (QED) is 0.470. The average Bonchev–Trinajstić information content (AvgIpc) is 2.50. The van der Waals surface area contributed by atoms with E-state index in [0.29, 0.717) is 6.04 Å². The Morgan fingerprint density at radius 2 is 1.75 bits per heavy atom. The van der Waals surface area contributed by atoms with E-state index < -0.39 is 0 Å². The zero-order valence-electron chi connectivity index (χ0n) is 13.5. The molecular formula is C17H33N3. The van der Waals surface area contributed by atoms with Gasteiger partial charge in [0.2, 0.25) is 0 Å². The first-order valence-electron chi connectivity index (χ1n) is 8.68. The molecule has 0 aromatic carbocycles. The number of rotatable bonds is 10. The zero-order chi connectivity index (χ0) is 14.5. The van der Waals surface area contributed by atoms with Crippen molar-refractivity contribution in [3.05, 3.63) is 0 Å². The molecule has 1 rings (SSSR count). The summed E-state index contributed by atoms with van der Waals surface area (Å²) in [5.41, 5.74) is 0. The molecule has 0 radical (unpaired) electrons. The van der Waals surface area contributed by atoms with Gasteiger partial charge in [-0.3, -0.25) is 0 Å². The van der Waals surface area contributed by atoms with E-state index in [9.17, 15) is 0 Å². The summed E-state index contributed by atoms with van der Waals surface area (Å²) >= 11 is 0. The minimum Gasteiger partial charge on any atom is -0.317 e. The second kappa shape index (κ2) is 12.1. The van der Waals surface area contributed by atoms with E-state index in [1.807, 2.05) is 0 Å². The van der Waals surface area contributed by atoms with Gasteiger partial charge in [-0.05, 0) is 57.5 Å². The van der Waals surface area contributed by atoms with Crippen LogP contribution in [0, 0.1) is 5.92 Å². The lowest BCUT2D eigenvalue weighted by Crippen LogP contribution is -2.16. The van der Waals surface area contributed by atoms with Crippen LogP contribution in [0.15, 0.2) is 9.98 Å². The summed E-state index contributed by atoms with van der Waals surface area (Å²) in [5, 5.41) is 3.35. The molecule has 0 unspecified atom stereocenters. The zero-order valence-corrected chi connectivity index (χ0v) is 13.5. The number of aliphatic imine (C=N–C) groups is 2. The molecule has 0 spiro atoms. The van der Waals surface area contributed by atoms with Crippen molar-refractivity contribution in [1.29, 1.82) is 0 Å². The van der Waals surface area contributed by atoms with Crippen molar-refractivity contribution in [2.24, 2.45) is 15.9 Å². The molecule has 0 atom stereocenters. The summed E-state index contributed by atoms with van der Waals surface area (Å²) in [5.74, 6) is 0.945. The average molecular weight is 279 g/mol. The highest BCUT2D eigenvalue weighted by Crippen LogP contribution is 2.27. The fourth-order valence-electron chi connectivity index (χ4n) is 2.83. The van der Waals surface area contributed by atoms with Gasteiger partial charge in [0.25, 0.3) is 0 Å². The number of hydrogen-bond donors (Lipinski definition) is 1. The van der Waals surface area contributed by atoms with E-state index in [1.54, 1.807) is 0 Å². The number of unbranched alkanes of at least 4 members (excludes halogenated alkanes) is 3. The third-order valence-corrected chi connectivity index (χ3v) is 4.33. The lowest BCUT2D eigenvalue weighted by atomic mass is 9.85. The molecule has 3 heteroatoms. The van der Waals surface area contributed by atoms with Crippen LogP contribution in [0.1, 0.15) is 71.6 Å². The van der Waals surface area contributed by atoms with Gasteiger partial charge in [-0.15, -0.1) is 0 Å². The van der Waals surface area contributed by atoms with Gasteiger partial charge in [0.05, 0.1) is 12.1 Å². The second-order valence-corrected chi connectivity index (χ2v) is 5.96. The van der Waals surface area contributed by atoms with Crippen molar-refractivity contribution in [3.8, 4) is 0 Å². The highest BCUT2D eigenvalue weighted by Gasteiger charge is 2.18. The largest absolute Gasteiger partial charge is 0.317 e. The van der Waals surface area contributed by atoms with Crippen molar-refractivity contribution in [2.75, 3.05) is 19.6 Å². The van der Waals surface area contributed by atoms with Crippen molar-refractivity contribution < 1.29 is 0 Å². The maximum absolute atomic E-state index is 4.48. The molecule has 0 aliphatic heterocycles. The van der Waals surface area contributed by atoms with Crippen LogP contribution in [0.2, 0.25) is 0 Å². The summed E-state index contributed by atoms with van der Waals surface area (Å²) in [6.07, 6.45) is 11.5. The monoisotopic (exact) mass is 279 g/mol. The topological polar surface area (TPSA) is 36.8 Å². The Morgan fingerprint density at radius 1 is 1.00 bits per heavy atom. The summed E-state index contributed by atoms with van der Waals surface area (Å²) < 4.78 is 0. The molecule has 0 amide bonds. The lowest BCUT2D eigenvalue weighted by Gasteiger charge is -2.24. The van der Waals surface area contributed by atoms with E-state index in [0.717, 1.165) is 25.6 Å². The summed E-state index contributed by atoms with van der Waals surface area (Å²) in [6.45, 7) is 7.59. The molecule has 1 fully saturated rings. The van der Waals surface area contributed by atoms with Gasteiger partial charge in [-0.2, -0.15) is 0 Å². The summed E-state index contributed by atoms with van der Waals surface area (Å²) in [7, 11) is 0. The normalized spacial score (nSPS) is 22.3. The van der Waals surface area contributed by atoms with E-state index >= 15 is 0 Å². The van der Waals surface area contributed by atoms with Crippen LogP contribution in [0.4, 0.5) is 0 Å². The van der Waals surface area contributed by atoms with Crippen LogP contribution in [0.5, 0.6) is 0 Å². The third kappa shape index (κ3) is 8.50. The highest BCUT2D eigenvalue weighted by molar-refractivity contribution is 5.41. The van der Waals surface area contributed by atoms with Crippen LogP contribution < -0.4 is 5.32 Å². The van der Waals surface area contributed by atoms with Crippen LogP contribution >= 0.6 is 0 Å². The van der Waals surface area contributed by atoms with Crippen LogP contribution in [0.3, 0.4) is 0 Å². The fraction of sp³-hybridized carbons (Fsp3) is 0.941. The van der Waals surface area contributed by atoms with Gasteiger partial charge >= 0.3 is 0 Å². The SMILES string of the molecule is CCNCCCCCCN=C=NC1CCC(CC)CC1. The second-order valence-electron chi connectivity index (χ2n) is 5.96. The first kappa shape index (κ1) is 17.4. The Kier molecular flexibility index (Phi) is 10.5. The van der Waals surface area contributed by atoms with Crippen molar-refractivity contribution >= 4 is 6.01 Å². The van der Waals surface area contributed by atoms with Gasteiger partial charge in [0, 0.05) is 6.54 Å². The molecule has 3 nitrogen and oxygen atoms in total. The molecule has 0 aromatic rings. The Bertz CT molecular complexity index is 274. The predicted molar refractivity (Wildman–Crippen MR) is 87.8 cm³/mol. The Labute approximate surface area is 125 Å². The Morgan fingerprint density at radius 3 is 2.45 bits per heavy atom. The van der Waals surface area contributed by atoms with Gasteiger partial charge in [0.15, 0.2) is 0 Å². The van der Waals surface area contributed by atoms with Gasteiger partial charge in [-0.25, -0.2) is 9.98 Å². The summed E-state index contributed by atoms with van der Waals surface area (Å²) in [6, 6.07) is 3.44. The molecule has 1 N–H and O–H groups in total. The van der Waals surface area contributed by atoms with Crippen molar-refractivity contribution in [3.63, 3.8) is 0 Å². The highest BCUT2D eigenvalue weighted by atomic mass is 14.8. The molecule has 0 saturated heterocycles. The minimum atomic E-state index is 0.502. The number of hydrogen-bond acceptors (Lipinski definition) is 3. The van der Waals surface area contributed by atoms with E-state index in [2.05, 4.69) is 35.2 Å². The number of nitrogens with one attached hydrogen (secondary N) is 1. The molecule has 1 saturated carbocycles. The minimum absolute atomic E-state index is 0.502. The van der Waals surface area contributed by atoms with Crippen molar-refractivity contribution in [1.82, 2.24) is 5.32 Å². The smallest absolute Gasteiger partial charge is 0.0895 e. The maximum atomic E-state index is 4.48. The number of nitrogens with zero attached hydrogens (tertiary/aromatic N) is 2. The molecule has 0 aromatic heterocycles. The van der Waals surface area contributed by atoms with Crippen LogP contribution in [-0.4, -0.2) is 31.7 Å². The summed E-state index contributed by atoms with van der Waals surface area (Å²) in [4.78, 5) is 8.79. The predicted octanol–water partition coefficient (Wildman–Crippen LogP) is 4.30. The molecule has 1 aliphatic rings.